The van der Waals surface area contributed by atoms with Gasteiger partial charge in [-0.2, -0.15) is 0 Å². The number of amides is 1. The molecule has 1 aliphatic carbocycles. The molecule has 0 fully saturated rings. The van der Waals surface area contributed by atoms with Crippen molar-refractivity contribution >= 4 is 22.6 Å². The largest absolute Gasteiger partial charge is 0.449 e. The number of carbonyl (C=O) groups excluding carboxylic acids is 2. The average Bonchev–Trinajstić information content (AvgIpc) is 3.12. The maximum Gasteiger partial charge on any atom is 0.339 e. The Morgan fingerprint density at radius 3 is 2.48 bits per heavy atom. The fourth-order valence-electron chi connectivity index (χ4n) is 3.63. The standard InChI is InChI=1S/C23H21NO3/c1-15(22(25)24-14-16-6-3-2-4-7-16)27-23(26)20-13-12-18-11-10-17-8-5-9-19(20)21(17)18/h2-9,12-13,15H,10-11,14H2,1H3,(H,24,25). The lowest BCUT2D eigenvalue weighted by molar-refractivity contribution is -0.129. The lowest BCUT2D eigenvalue weighted by Gasteiger charge is -2.15. The number of ether oxygens (including phenoxy) is 1. The van der Waals surface area contributed by atoms with Crippen molar-refractivity contribution < 1.29 is 14.3 Å². The van der Waals surface area contributed by atoms with E-state index in [4.69, 9.17) is 4.74 Å². The second-order valence-corrected chi connectivity index (χ2v) is 6.86. The predicted octanol–water partition coefficient (Wildman–Crippen LogP) is 3.80. The highest BCUT2D eigenvalue weighted by Gasteiger charge is 2.23. The third-order valence-corrected chi connectivity index (χ3v) is 5.06. The predicted molar refractivity (Wildman–Crippen MR) is 105 cm³/mol. The Morgan fingerprint density at radius 1 is 0.963 bits per heavy atom. The molecule has 0 spiro atoms. The van der Waals surface area contributed by atoms with Crippen LogP contribution in [-0.4, -0.2) is 18.0 Å². The first-order valence-electron chi connectivity index (χ1n) is 9.19. The summed E-state index contributed by atoms with van der Waals surface area (Å²) in [6.07, 6.45) is 1.15. The van der Waals surface area contributed by atoms with Crippen molar-refractivity contribution in [2.75, 3.05) is 0 Å². The molecular weight excluding hydrogens is 338 g/mol. The van der Waals surface area contributed by atoms with Gasteiger partial charge in [-0.05, 0) is 53.3 Å². The summed E-state index contributed by atoms with van der Waals surface area (Å²) in [5, 5.41) is 4.87. The zero-order valence-electron chi connectivity index (χ0n) is 15.2. The molecule has 3 aromatic carbocycles. The van der Waals surface area contributed by atoms with E-state index >= 15 is 0 Å². The van der Waals surface area contributed by atoms with E-state index in [1.54, 1.807) is 6.92 Å². The van der Waals surface area contributed by atoms with Gasteiger partial charge in [-0.15, -0.1) is 0 Å². The number of esters is 1. The number of benzene rings is 3. The Kier molecular flexibility index (Phi) is 4.63. The molecule has 0 bridgehead atoms. The van der Waals surface area contributed by atoms with Gasteiger partial charge in [0.25, 0.3) is 5.91 Å². The second kappa shape index (κ2) is 7.23. The molecule has 1 N–H and O–H groups in total. The van der Waals surface area contributed by atoms with E-state index in [1.807, 2.05) is 54.6 Å². The van der Waals surface area contributed by atoms with Crippen molar-refractivity contribution in [3.63, 3.8) is 0 Å². The molecule has 136 valence electrons. The molecule has 1 unspecified atom stereocenters. The molecule has 0 radical (unpaired) electrons. The van der Waals surface area contributed by atoms with Crippen molar-refractivity contribution in [2.24, 2.45) is 0 Å². The molecule has 1 atom stereocenters. The van der Waals surface area contributed by atoms with Crippen LogP contribution in [0.25, 0.3) is 10.8 Å². The van der Waals surface area contributed by atoms with Gasteiger partial charge in [-0.3, -0.25) is 4.79 Å². The Bertz CT molecular complexity index is 1000. The van der Waals surface area contributed by atoms with E-state index in [2.05, 4.69) is 11.4 Å². The van der Waals surface area contributed by atoms with Crippen LogP contribution in [0.3, 0.4) is 0 Å². The number of carbonyl (C=O) groups is 2. The van der Waals surface area contributed by atoms with Crippen LogP contribution in [0.5, 0.6) is 0 Å². The van der Waals surface area contributed by atoms with Crippen LogP contribution in [0.1, 0.15) is 34.0 Å². The second-order valence-electron chi connectivity index (χ2n) is 6.86. The van der Waals surface area contributed by atoms with E-state index in [-0.39, 0.29) is 5.91 Å². The van der Waals surface area contributed by atoms with Crippen molar-refractivity contribution in [3.8, 4) is 0 Å². The van der Waals surface area contributed by atoms with Crippen molar-refractivity contribution in [3.05, 3.63) is 82.9 Å². The summed E-state index contributed by atoms with van der Waals surface area (Å²) in [4.78, 5) is 25.0. The van der Waals surface area contributed by atoms with Crippen LogP contribution in [-0.2, 0) is 28.9 Å². The zero-order chi connectivity index (χ0) is 18.8. The number of hydrogen-bond donors (Lipinski definition) is 1. The minimum absolute atomic E-state index is 0.307. The lowest BCUT2D eigenvalue weighted by atomic mass is 10.00. The molecule has 4 heteroatoms. The van der Waals surface area contributed by atoms with Gasteiger partial charge in [-0.25, -0.2) is 4.79 Å². The summed E-state index contributed by atoms with van der Waals surface area (Å²) in [5.41, 5.74) is 4.05. The summed E-state index contributed by atoms with van der Waals surface area (Å²) < 4.78 is 5.44. The van der Waals surface area contributed by atoms with Gasteiger partial charge >= 0.3 is 5.97 Å². The van der Waals surface area contributed by atoms with Crippen LogP contribution in [0, 0.1) is 0 Å². The van der Waals surface area contributed by atoms with Crippen LogP contribution in [0.15, 0.2) is 60.7 Å². The monoisotopic (exact) mass is 359 g/mol. The SMILES string of the molecule is CC(OC(=O)c1ccc2c3c(cccc13)CC2)C(=O)NCc1ccccc1. The van der Waals surface area contributed by atoms with E-state index in [0.717, 1.165) is 29.2 Å². The normalized spacial score (nSPS) is 13.4. The molecule has 4 nitrogen and oxygen atoms in total. The highest BCUT2D eigenvalue weighted by molar-refractivity contribution is 6.07. The fourth-order valence-corrected chi connectivity index (χ4v) is 3.63. The Morgan fingerprint density at radius 2 is 1.70 bits per heavy atom. The fraction of sp³-hybridized carbons (Fsp3) is 0.217. The van der Waals surface area contributed by atoms with E-state index < -0.39 is 12.1 Å². The minimum atomic E-state index is -0.857. The van der Waals surface area contributed by atoms with E-state index in [9.17, 15) is 9.59 Å². The molecule has 4 rings (SSSR count). The third-order valence-electron chi connectivity index (χ3n) is 5.06. The molecule has 0 saturated carbocycles. The van der Waals surface area contributed by atoms with Gasteiger partial charge in [0.1, 0.15) is 0 Å². The average molecular weight is 359 g/mol. The van der Waals surface area contributed by atoms with Gasteiger partial charge < -0.3 is 10.1 Å². The van der Waals surface area contributed by atoms with Crippen molar-refractivity contribution in [1.82, 2.24) is 5.32 Å². The highest BCUT2D eigenvalue weighted by atomic mass is 16.5. The van der Waals surface area contributed by atoms with E-state index in [1.165, 1.54) is 11.1 Å². The molecule has 0 aliphatic heterocycles. The molecular formula is C23H21NO3. The molecule has 0 aromatic heterocycles. The Balaban J connectivity index is 1.46. The van der Waals surface area contributed by atoms with Crippen LogP contribution in [0.4, 0.5) is 0 Å². The maximum absolute atomic E-state index is 12.7. The highest BCUT2D eigenvalue weighted by Crippen LogP contribution is 2.33. The number of nitrogens with one attached hydrogen (secondary N) is 1. The smallest absolute Gasteiger partial charge is 0.339 e. The van der Waals surface area contributed by atoms with Crippen LogP contribution < -0.4 is 5.32 Å². The lowest BCUT2D eigenvalue weighted by Crippen LogP contribution is -2.35. The summed E-state index contributed by atoms with van der Waals surface area (Å²) in [6, 6.07) is 19.5. The van der Waals surface area contributed by atoms with Gasteiger partial charge in [0.2, 0.25) is 0 Å². The molecule has 0 heterocycles. The van der Waals surface area contributed by atoms with Crippen molar-refractivity contribution in [1.29, 1.82) is 0 Å². The van der Waals surface area contributed by atoms with Gasteiger partial charge in [0.05, 0.1) is 5.56 Å². The van der Waals surface area contributed by atoms with Crippen LogP contribution in [0.2, 0.25) is 0 Å². The van der Waals surface area contributed by atoms with Gasteiger partial charge in [0, 0.05) is 6.54 Å². The van der Waals surface area contributed by atoms with Gasteiger partial charge in [0.15, 0.2) is 6.10 Å². The van der Waals surface area contributed by atoms with Gasteiger partial charge in [-0.1, -0.05) is 54.6 Å². The summed E-state index contributed by atoms with van der Waals surface area (Å²) >= 11 is 0. The maximum atomic E-state index is 12.7. The van der Waals surface area contributed by atoms with E-state index in [0.29, 0.717) is 12.1 Å². The summed E-state index contributed by atoms with van der Waals surface area (Å²) in [7, 11) is 0. The quantitative estimate of drug-likeness (QED) is 0.705. The number of aryl methyl sites for hydroxylation is 2. The molecule has 3 aromatic rings. The Hall–Kier alpha value is -3.14. The zero-order valence-corrected chi connectivity index (χ0v) is 15.2. The minimum Gasteiger partial charge on any atom is -0.449 e. The first kappa shape index (κ1) is 17.3. The molecule has 27 heavy (non-hydrogen) atoms. The molecule has 1 amide bonds. The Labute approximate surface area is 158 Å². The molecule has 0 saturated heterocycles. The number of hydrogen-bond acceptors (Lipinski definition) is 3. The number of rotatable bonds is 5. The molecule has 1 aliphatic rings. The summed E-state index contributed by atoms with van der Waals surface area (Å²) in [5.74, 6) is -0.772. The van der Waals surface area contributed by atoms with Crippen molar-refractivity contribution in [2.45, 2.75) is 32.4 Å². The first-order valence-corrected chi connectivity index (χ1v) is 9.19. The summed E-state index contributed by atoms with van der Waals surface area (Å²) in [6.45, 7) is 2.00. The van der Waals surface area contributed by atoms with Crippen LogP contribution >= 0.6 is 0 Å². The topological polar surface area (TPSA) is 55.4 Å². The first-order chi connectivity index (χ1) is 13.1. The third kappa shape index (κ3) is 3.43.